The molecule has 2 rings (SSSR count). The molecule has 0 saturated heterocycles. The molecule has 1 aromatic heterocycles. The molecule has 0 saturated carbocycles. The molecule has 5 nitrogen and oxygen atoms in total. The summed E-state index contributed by atoms with van der Waals surface area (Å²) in [6.07, 6.45) is 0.419. The fraction of sp³-hybridized carbons (Fsp3) is 0.231. The number of carbonyl (C=O) groups excluding carboxylic acids is 1. The summed E-state index contributed by atoms with van der Waals surface area (Å²) in [5.74, 6) is 0.518. The lowest BCUT2D eigenvalue weighted by Crippen LogP contribution is -2.20. The van der Waals surface area contributed by atoms with Crippen molar-refractivity contribution >= 4 is 28.3 Å². The van der Waals surface area contributed by atoms with Gasteiger partial charge in [0.25, 0.3) is 0 Å². The molecule has 0 unspecified atom stereocenters. The van der Waals surface area contributed by atoms with Crippen LogP contribution in [0.3, 0.4) is 0 Å². The molecule has 0 atom stereocenters. The third kappa shape index (κ3) is 3.23. The molecule has 19 heavy (non-hydrogen) atoms. The van der Waals surface area contributed by atoms with Crippen molar-refractivity contribution in [1.82, 2.24) is 9.69 Å². The van der Waals surface area contributed by atoms with Crippen LogP contribution >= 0.6 is 11.5 Å². The number of hydrogen-bond acceptors (Lipinski definition) is 5. The van der Waals surface area contributed by atoms with E-state index in [0.29, 0.717) is 18.8 Å². The number of aromatic nitrogens is 1. The summed E-state index contributed by atoms with van der Waals surface area (Å²) in [7, 11) is 1.63. The van der Waals surface area contributed by atoms with Crippen molar-refractivity contribution in [1.29, 1.82) is 0 Å². The predicted octanol–water partition coefficient (Wildman–Crippen LogP) is 1.94. The Kier molecular flexibility index (Phi) is 4.35. The number of carbonyl (C=O) groups is 1. The molecule has 1 aromatic carbocycles. The number of nitrogens with one attached hydrogen (secondary N) is 2. The summed E-state index contributed by atoms with van der Waals surface area (Å²) in [6.45, 7) is 0.557. The van der Waals surface area contributed by atoms with E-state index in [4.69, 9.17) is 5.73 Å². The molecular weight excluding hydrogens is 260 g/mol. The van der Waals surface area contributed by atoms with Crippen molar-refractivity contribution in [3.05, 3.63) is 30.3 Å². The quantitative estimate of drug-likeness (QED) is 0.779. The van der Waals surface area contributed by atoms with Gasteiger partial charge in [-0.2, -0.15) is 4.37 Å². The van der Waals surface area contributed by atoms with E-state index in [0.717, 1.165) is 16.1 Å². The first-order chi connectivity index (χ1) is 9.22. The van der Waals surface area contributed by atoms with Crippen LogP contribution in [0.1, 0.15) is 6.42 Å². The summed E-state index contributed by atoms with van der Waals surface area (Å²) in [5, 5.41) is 6.70. The first-order valence-corrected chi connectivity index (χ1v) is 6.74. The first kappa shape index (κ1) is 13.4. The molecule has 2 aromatic rings. The van der Waals surface area contributed by atoms with Crippen molar-refractivity contribution < 1.29 is 4.79 Å². The van der Waals surface area contributed by atoms with E-state index in [1.807, 2.05) is 30.3 Å². The number of benzene rings is 1. The van der Waals surface area contributed by atoms with Crippen LogP contribution in [0.2, 0.25) is 0 Å². The van der Waals surface area contributed by atoms with Gasteiger partial charge in [-0.3, -0.25) is 4.79 Å². The van der Waals surface area contributed by atoms with Crippen LogP contribution in [-0.4, -0.2) is 23.9 Å². The fourth-order valence-electron chi connectivity index (χ4n) is 1.72. The van der Waals surface area contributed by atoms with Gasteiger partial charge in [0, 0.05) is 20.0 Å². The molecule has 6 heteroatoms. The van der Waals surface area contributed by atoms with Gasteiger partial charge in [0.2, 0.25) is 5.91 Å². The number of hydrogen-bond donors (Lipinski definition) is 3. The number of nitrogens with two attached hydrogens (primary N) is 1. The standard InChI is InChI=1S/C13H16N4OS/c1-15-10(18)7-8-16-13-11(12(14)17-19-13)9-5-3-2-4-6-9/h2-6,16H,7-8H2,1H3,(H2,14,17)(H,15,18). The van der Waals surface area contributed by atoms with Gasteiger partial charge < -0.3 is 16.4 Å². The second-order valence-electron chi connectivity index (χ2n) is 3.99. The summed E-state index contributed by atoms with van der Waals surface area (Å²) in [4.78, 5) is 11.2. The molecule has 0 radical (unpaired) electrons. The number of anilines is 2. The molecule has 0 spiro atoms. The van der Waals surface area contributed by atoms with Gasteiger partial charge >= 0.3 is 0 Å². The van der Waals surface area contributed by atoms with Crippen LogP contribution in [0.4, 0.5) is 10.8 Å². The smallest absolute Gasteiger partial charge is 0.221 e. The summed E-state index contributed by atoms with van der Waals surface area (Å²) in [6, 6.07) is 9.85. The second-order valence-corrected chi connectivity index (χ2v) is 4.76. The first-order valence-electron chi connectivity index (χ1n) is 5.97. The summed E-state index contributed by atoms with van der Waals surface area (Å²) < 4.78 is 4.17. The van der Waals surface area contributed by atoms with Gasteiger partial charge in [0.15, 0.2) is 0 Å². The Bertz CT molecular complexity index is 553. The van der Waals surface area contributed by atoms with Gasteiger partial charge in [0.05, 0.1) is 5.56 Å². The van der Waals surface area contributed by atoms with Crippen molar-refractivity contribution in [3.63, 3.8) is 0 Å². The molecule has 1 amide bonds. The van der Waals surface area contributed by atoms with Crippen LogP contribution in [0.15, 0.2) is 30.3 Å². The number of nitrogens with zero attached hydrogens (tertiary/aromatic N) is 1. The Morgan fingerprint density at radius 2 is 2.11 bits per heavy atom. The minimum atomic E-state index is 0.00579. The van der Waals surface area contributed by atoms with Gasteiger partial charge in [-0.15, -0.1) is 0 Å². The van der Waals surface area contributed by atoms with Crippen LogP contribution in [0.25, 0.3) is 11.1 Å². The van der Waals surface area contributed by atoms with Gasteiger partial charge in [-0.1, -0.05) is 30.3 Å². The maximum atomic E-state index is 11.2. The highest BCUT2D eigenvalue weighted by atomic mass is 32.1. The third-order valence-electron chi connectivity index (χ3n) is 2.70. The highest BCUT2D eigenvalue weighted by molar-refractivity contribution is 7.11. The lowest BCUT2D eigenvalue weighted by atomic mass is 10.1. The Labute approximate surface area is 116 Å². The zero-order chi connectivity index (χ0) is 13.7. The summed E-state index contributed by atoms with van der Waals surface area (Å²) in [5.41, 5.74) is 7.84. The Balaban J connectivity index is 2.12. The minimum Gasteiger partial charge on any atom is -0.382 e. The largest absolute Gasteiger partial charge is 0.382 e. The van der Waals surface area contributed by atoms with Crippen molar-refractivity contribution in [2.45, 2.75) is 6.42 Å². The van der Waals surface area contributed by atoms with Crippen molar-refractivity contribution in [2.24, 2.45) is 0 Å². The lowest BCUT2D eigenvalue weighted by molar-refractivity contribution is -0.120. The highest BCUT2D eigenvalue weighted by Crippen LogP contribution is 2.36. The topological polar surface area (TPSA) is 80.0 Å². The number of nitrogen functional groups attached to an aromatic ring is 1. The second kappa shape index (κ2) is 6.19. The monoisotopic (exact) mass is 276 g/mol. The van der Waals surface area contributed by atoms with Crippen molar-refractivity contribution in [3.8, 4) is 11.1 Å². The average molecular weight is 276 g/mol. The predicted molar refractivity (Wildman–Crippen MR) is 79.1 cm³/mol. The van der Waals surface area contributed by atoms with E-state index in [9.17, 15) is 4.79 Å². The van der Waals surface area contributed by atoms with Gasteiger partial charge in [-0.25, -0.2) is 0 Å². The third-order valence-corrected chi connectivity index (χ3v) is 3.52. The van der Waals surface area contributed by atoms with Gasteiger partial charge in [-0.05, 0) is 17.1 Å². The van der Waals surface area contributed by atoms with E-state index in [2.05, 4.69) is 15.0 Å². The van der Waals surface area contributed by atoms with Gasteiger partial charge in [0.1, 0.15) is 10.8 Å². The zero-order valence-electron chi connectivity index (χ0n) is 10.6. The average Bonchev–Trinajstić information content (AvgIpc) is 2.80. The molecule has 4 N–H and O–H groups in total. The molecular formula is C13H16N4OS. The zero-order valence-corrected chi connectivity index (χ0v) is 11.5. The van der Waals surface area contributed by atoms with Crippen LogP contribution in [0, 0.1) is 0 Å². The summed E-state index contributed by atoms with van der Waals surface area (Å²) >= 11 is 1.31. The molecule has 0 aliphatic carbocycles. The van der Waals surface area contributed by atoms with E-state index < -0.39 is 0 Å². The van der Waals surface area contributed by atoms with Crippen LogP contribution in [0.5, 0.6) is 0 Å². The molecule has 0 bridgehead atoms. The maximum absolute atomic E-state index is 11.2. The van der Waals surface area contributed by atoms with E-state index in [1.54, 1.807) is 7.05 Å². The minimum absolute atomic E-state index is 0.00579. The Morgan fingerprint density at radius 1 is 1.37 bits per heavy atom. The number of rotatable bonds is 5. The van der Waals surface area contributed by atoms with E-state index >= 15 is 0 Å². The van der Waals surface area contributed by atoms with E-state index in [-0.39, 0.29) is 5.91 Å². The van der Waals surface area contributed by atoms with Crippen LogP contribution < -0.4 is 16.4 Å². The Morgan fingerprint density at radius 3 is 2.79 bits per heavy atom. The molecule has 100 valence electrons. The highest BCUT2D eigenvalue weighted by Gasteiger charge is 2.13. The number of amides is 1. The van der Waals surface area contributed by atoms with Crippen LogP contribution in [-0.2, 0) is 4.79 Å². The van der Waals surface area contributed by atoms with E-state index in [1.165, 1.54) is 11.5 Å². The molecule has 0 fully saturated rings. The SMILES string of the molecule is CNC(=O)CCNc1snc(N)c1-c1ccccc1. The molecule has 0 aliphatic heterocycles. The fourth-order valence-corrected chi connectivity index (χ4v) is 2.48. The molecule has 0 aliphatic rings. The molecule has 1 heterocycles. The normalized spacial score (nSPS) is 10.2. The maximum Gasteiger partial charge on any atom is 0.221 e. The van der Waals surface area contributed by atoms with Crippen molar-refractivity contribution in [2.75, 3.05) is 24.6 Å². The Hall–Kier alpha value is -2.08. The lowest BCUT2D eigenvalue weighted by Gasteiger charge is -2.06.